The lowest BCUT2D eigenvalue weighted by Gasteiger charge is -2.15. The monoisotopic (exact) mass is 342 g/mol. The topological polar surface area (TPSA) is 134 Å². The highest BCUT2D eigenvalue weighted by molar-refractivity contribution is 5.97. The predicted molar refractivity (Wildman–Crippen MR) is 83.1 cm³/mol. The molecule has 0 atom stereocenters. The number of hydrogen-bond acceptors (Lipinski definition) is 6. The van der Waals surface area contributed by atoms with Crippen LogP contribution in [0.15, 0.2) is 12.1 Å². The van der Waals surface area contributed by atoms with Crippen LogP contribution >= 0.6 is 0 Å². The molecule has 0 unspecified atom stereocenters. The van der Waals surface area contributed by atoms with Gasteiger partial charge in [-0.15, -0.1) is 0 Å². The summed E-state index contributed by atoms with van der Waals surface area (Å²) in [4.78, 5) is 23.0. The highest BCUT2D eigenvalue weighted by Gasteiger charge is 2.21. The number of ether oxygens (including phenoxy) is 2. The summed E-state index contributed by atoms with van der Waals surface area (Å²) in [6, 6.07) is 2.90. The van der Waals surface area contributed by atoms with Crippen molar-refractivity contribution >= 4 is 11.9 Å². The van der Waals surface area contributed by atoms with Gasteiger partial charge in [-0.2, -0.15) is 0 Å². The van der Waals surface area contributed by atoms with Gasteiger partial charge in [0.2, 0.25) is 0 Å². The summed E-state index contributed by atoms with van der Waals surface area (Å²) in [6.45, 7) is -0.374. The number of aliphatic hydroxyl groups excluding tert-OH is 2. The van der Waals surface area contributed by atoms with E-state index < -0.39 is 25.5 Å². The molecule has 0 aliphatic rings. The van der Waals surface area contributed by atoms with Crippen LogP contribution < -0.4 is 0 Å². The molecule has 0 spiro atoms. The maximum atomic E-state index is 11.7. The number of hydrogen-bond donors (Lipinski definition) is 4. The highest BCUT2D eigenvalue weighted by Crippen LogP contribution is 2.23. The molecular formula is C16H22O8. The smallest absolute Gasteiger partial charge is 0.336 e. The van der Waals surface area contributed by atoms with Crippen LogP contribution in [-0.4, -0.2) is 59.2 Å². The molecule has 0 saturated heterocycles. The van der Waals surface area contributed by atoms with Crippen molar-refractivity contribution in [2.24, 2.45) is 0 Å². The van der Waals surface area contributed by atoms with Crippen LogP contribution in [0.2, 0.25) is 0 Å². The Hall–Kier alpha value is -2.00. The Morgan fingerprint density at radius 2 is 1.46 bits per heavy atom. The first-order valence-corrected chi connectivity index (χ1v) is 7.51. The summed E-state index contributed by atoms with van der Waals surface area (Å²) in [5.41, 5.74) is 0.707. The van der Waals surface area contributed by atoms with Gasteiger partial charge in [-0.1, -0.05) is 6.07 Å². The minimum atomic E-state index is -1.19. The third kappa shape index (κ3) is 5.89. The Morgan fingerprint density at radius 3 is 1.96 bits per heavy atom. The molecule has 0 radical (unpaired) electrons. The number of benzene rings is 1. The molecule has 0 bridgehead atoms. The van der Waals surface area contributed by atoms with Gasteiger partial charge in [-0.05, 0) is 42.9 Å². The van der Waals surface area contributed by atoms with Gasteiger partial charge in [0.15, 0.2) is 0 Å². The Labute approximate surface area is 139 Å². The van der Waals surface area contributed by atoms with Gasteiger partial charge in [0.1, 0.15) is 13.6 Å². The van der Waals surface area contributed by atoms with Crippen molar-refractivity contribution in [3.8, 4) is 0 Å². The van der Waals surface area contributed by atoms with E-state index in [2.05, 4.69) is 0 Å². The normalized spacial score (nSPS) is 10.8. The molecule has 0 fully saturated rings. The first-order chi connectivity index (χ1) is 11.5. The minimum absolute atomic E-state index is 0.0112. The molecule has 0 amide bonds. The first-order valence-electron chi connectivity index (χ1n) is 7.51. The second-order valence-electron chi connectivity index (χ2n) is 5.02. The molecule has 0 aliphatic carbocycles. The van der Waals surface area contributed by atoms with Crippen LogP contribution in [0.5, 0.6) is 0 Å². The third-order valence-corrected chi connectivity index (χ3v) is 3.48. The van der Waals surface area contributed by atoms with Crippen molar-refractivity contribution in [2.75, 3.05) is 26.8 Å². The van der Waals surface area contributed by atoms with Crippen LogP contribution in [-0.2, 0) is 22.3 Å². The van der Waals surface area contributed by atoms with Crippen molar-refractivity contribution in [1.82, 2.24) is 0 Å². The molecular weight excluding hydrogens is 320 g/mol. The lowest BCUT2D eigenvalue weighted by molar-refractivity contribution is -0.00230. The van der Waals surface area contributed by atoms with Gasteiger partial charge >= 0.3 is 11.9 Å². The van der Waals surface area contributed by atoms with Crippen LogP contribution in [0, 0.1) is 0 Å². The third-order valence-electron chi connectivity index (χ3n) is 3.48. The maximum absolute atomic E-state index is 11.7. The Bertz CT molecular complexity index is 555. The molecule has 4 N–H and O–H groups in total. The van der Waals surface area contributed by atoms with Crippen molar-refractivity contribution in [3.63, 3.8) is 0 Å². The van der Waals surface area contributed by atoms with Crippen molar-refractivity contribution < 1.29 is 39.5 Å². The summed E-state index contributed by atoms with van der Waals surface area (Å²) in [5, 5.41) is 36.0. The highest BCUT2D eigenvalue weighted by atomic mass is 16.6. The van der Waals surface area contributed by atoms with Crippen LogP contribution in [0.4, 0.5) is 0 Å². The lowest BCUT2D eigenvalue weighted by atomic mass is 9.91. The summed E-state index contributed by atoms with van der Waals surface area (Å²) in [7, 11) is 0. The molecule has 0 aromatic heterocycles. The Balaban J connectivity index is 3.07. The SMILES string of the molecule is O=C(O)c1ccc(CCCOCO)c(C(=O)O)c1CCCOCO. The van der Waals surface area contributed by atoms with Gasteiger partial charge in [-0.3, -0.25) is 0 Å². The van der Waals surface area contributed by atoms with E-state index in [4.69, 9.17) is 19.7 Å². The van der Waals surface area contributed by atoms with E-state index in [1.807, 2.05) is 0 Å². The second kappa shape index (κ2) is 10.7. The number of aliphatic hydroxyl groups is 2. The van der Waals surface area contributed by atoms with Gasteiger partial charge in [-0.25, -0.2) is 9.59 Å². The van der Waals surface area contributed by atoms with Crippen LogP contribution in [0.1, 0.15) is 44.7 Å². The molecule has 1 aromatic carbocycles. The number of rotatable bonds is 12. The zero-order valence-electron chi connectivity index (χ0n) is 13.2. The summed E-state index contributed by atoms with van der Waals surface area (Å²) >= 11 is 0. The molecule has 24 heavy (non-hydrogen) atoms. The van der Waals surface area contributed by atoms with Gasteiger partial charge in [0, 0.05) is 13.2 Å². The van der Waals surface area contributed by atoms with Crippen molar-refractivity contribution in [1.29, 1.82) is 0 Å². The van der Waals surface area contributed by atoms with E-state index in [9.17, 15) is 19.8 Å². The van der Waals surface area contributed by atoms with E-state index in [0.717, 1.165) is 0 Å². The Kier molecular flexibility index (Phi) is 8.95. The first kappa shape index (κ1) is 20.0. The second-order valence-corrected chi connectivity index (χ2v) is 5.02. The maximum Gasteiger partial charge on any atom is 0.336 e. The van der Waals surface area contributed by atoms with E-state index in [1.54, 1.807) is 0 Å². The van der Waals surface area contributed by atoms with Crippen molar-refractivity contribution in [2.45, 2.75) is 25.7 Å². The molecule has 0 aliphatic heterocycles. The molecule has 1 rings (SSSR count). The summed E-state index contributed by atoms with van der Waals surface area (Å²) in [5.74, 6) is -2.38. The van der Waals surface area contributed by atoms with E-state index >= 15 is 0 Å². The fourth-order valence-electron chi connectivity index (χ4n) is 2.48. The van der Waals surface area contributed by atoms with Gasteiger partial charge in [0.05, 0.1) is 11.1 Å². The summed E-state index contributed by atoms with van der Waals surface area (Å²) < 4.78 is 9.61. The largest absolute Gasteiger partial charge is 0.478 e. The molecule has 134 valence electrons. The standard InChI is InChI=1S/C16H22O8/c17-9-23-7-1-3-11-5-6-13(15(19)20)12(14(11)16(21)22)4-2-8-24-10-18/h5-6,17-18H,1-4,7-10H2,(H,19,20)(H,21,22). The van der Waals surface area contributed by atoms with E-state index in [0.29, 0.717) is 24.8 Å². The quantitative estimate of drug-likeness (QED) is 0.325. The average molecular weight is 342 g/mol. The zero-order valence-corrected chi connectivity index (χ0v) is 13.2. The lowest BCUT2D eigenvalue weighted by Crippen LogP contribution is -2.14. The van der Waals surface area contributed by atoms with E-state index in [1.165, 1.54) is 12.1 Å². The molecule has 8 heteroatoms. The zero-order chi connectivity index (χ0) is 17.9. The number of aromatic carboxylic acids is 2. The number of carboxylic acid groups (broad SMARTS) is 2. The number of carbonyl (C=O) groups is 2. The molecule has 1 aromatic rings. The number of carboxylic acids is 2. The number of aryl methyl sites for hydroxylation is 1. The minimum Gasteiger partial charge on any atom is -0.478 e. The fourth-order valence-corrected chi connectivity index (χ4v) is 2.48. The Morgan fingerprint density at radius 1 is 0.875 bits per heavy atom. The van der Waals surface area contributed by atoms with E-state index in [-0.39, 0.29) is 36.3 Å². The summed E-state index contributed by atoms with van der Waals surface area (Å²) in [6.07, 6.45) is 1.49. The fraction of sp³-hybridized carbons (Fsp3) is 0.500. The van der Waals surface area contributed by atoms with Crippen molar-refractivity contribution in [3.05, 3.63) is 34.4 Å². The molecule has 0 heterocycles. The predicted octanol–water partition coefficient (Wildman–Crippen LogP) is 0.881. The van der Waals surface area contributed by atoms with Crippen LogP contribution in [0.3, 0.4) is 0 Å². The molecule has 0 saturated carbocycles. The average Bonchev–Trinajstić information content (AvgIpc) is 2.54. The van der Waals surface area contributed by atoms with Gasteiger partial charge < -0.3 is 29.9 Å². The molecule has 8 nitrogen and oxygen atoms in total. The van der Waals surface area contributed by atoms with Crippen LogP contribution in [0.25, 0.3) is 0 Å². The van der Waals surface area contributed by atoms with Gasteiger partial charge in [0.25, 0.3) is 0 Å².